The second-order valence-electron chi connectivity index (χ2n) is 3.67. The molecule has 0 aliphatic carbocycles. The smallest absolute Gasteiger partial charge is 0.328 e. The average molecular weight is 325 g/mol. The summed E-state index contributed by atoms with van der Waals surface area (Å²) in [5.74, 6) is 0. The Hall–Kier alpha value is -1.24. The average Bonchev–Trinajstić information content (AvgIpc) is 2.25. The van der Waals surface area contributed by atoms with Crippen LogP contribution < -0.4 is 5.32 Å². The Labute approximate surface area is 111 Å². The van der Waals surface area contributed by atoms with Gasteiger partial charge in [0.2, 0.25) is 0 Å². The first kappa shape index (κ1) is 14.8. The quantitative estimate of drug-likeness (QED) is 0.877. The Kier molecular flexibility index (Phi) is 4.61. The molecule has 0 saturated heterocycles. The number of urea groups is 1. The van der Waals surface area contributed by atoms with E-state index >= 15 is 0 Å². The van der Waals surface area contributed by atoms with Crippen molar-refractivity contribution in [2.24, 2.45) is 0 Å². The van der Waals surface area contributed by atoms with Crippen LogP contribution in [0.25, 0.3) is 0 Å². The van der Waals surface area contributed by atoms with Gasteiger partial charge in [0, 0.05) is 23.8 Å². The number of anilines is 1. The molecule has 0 unspecified atom stereocenters. The number of nitrogens with zero attached hydrogens (tertiary/aromatic N) is 1. The largest absolute Gasteiger partial charge is 0.416 e. The molecule has 0 spiro atoms. The minimum atomic E-state index is -4.44. The molecule has 0 heterocycles. The molecule has 0 radical (unpaired) electrons. The molecule has 7 heteroatoms. The first-order chi connectivity index (χ1) is 8.24. The van der Waals surface area contributed by atoms with E-state index in [2.05, 4.69) is 21.2 Å². The van der Waals surface area contributed by atoms with Crippen LogP contribution in [0.3, 0.4) is 0 Å². The standard InChI is InChI=1S/C11H12BrF3N2O/c1-3-17(2)10(18)16-9-5-7(11(13,14)15)4-8(12)6-9/h4-6H,3H2,1-2H3,(H,16,18). The number of nitrogens with one attached hydrogen (secondary N) is 1. The van der Waals surface area contributed by atoms with Crippen molar-refractivity contribution >= 4 is 27.6 Å². The minimum Gasteiger partial charge on any atom is -0.328 e. The molecule has 0 aromatic heterocycles. The van der Waals surface area contributed by atoms with Crippen LogP contribution in [0.4, 0.5) is 23.7 Å². The summed E-state index contributed by atoms with van der Waals surface area (Å²) in [6, 6.07) is 2.81. The molecule has 0 bridgehead atoms. The molecule has 1 N–H and O–H groups in total. The van der Waals surface area contributed by atoms with Gasteiger partial charge in [-0.25, -0.2) is 4.79 Å². The van der Waals surface area contributed by atoms with Crippen molar-refractivity contribution < 1.29 is 18.0 Å². The van der Waals surface area contributed by atoms with E-state index in [9.17, 15) is 18.0 Å². The molecule has 0 saturated carbocycles. The summed E-state index contributed by atoms with van der Waals surface area (Å²) in [6.07, 6.45) is -4.44. The summed E-state index contributed by atoms with van der Waals surface area (Å²) in [7, 11) is 1.55. The van der Waals surface area contributed by atoms with E-state index in [4.69, 9.17) is 0 Å². The lowest BCUT2D eigenvalue weighted by Gasteiger charge is -2.16. The number of carbonyl (C=O) groups is 1. The topological polar surface area (TPSA) is 32.3 Å². The summed E-state index contributed by atoms with van der Waals surface area (Å²) in [5, 5.41) is 2.40. The highest BCUT2D eigenvalue weighted by molar-refractivity contribution is 9.10. The SMILES string of the molecule is CCN(C)C(=O)Nc1cc(Br)cc(C(F)(F)F)c1. The third kappa shape index (κ3) is 3.90. The number of hydrogen-bond donors (Lipinski definition) is 1. The molecule has 100 valence electrons. The molecule has 0 aliphatic heterocycles. The maximum Gasteiger partial charge on any atom is 0.416 e. The molecule has 1 rings (SSSR count). The number of amides is 2. The Morgan fingerprint density at radius 3 is 2.50 bits per heavy atom. The number of hydrogen-bond acceptors (Lipinski definition) is 1. The normalized spacial score (nSPS) is 11.2. The van der Waals surface area contributed by atoms with Crippen LogP contribution in [0.1, 0.15) is 12.5 Å². The fraction of sp³-hybridized carbons (Fsp3) is 0.364. The zero-order valence-electron chi connectivity index (χ0n) is 9.81. The van der Waals surface area contributed by atoms with Gasteiger partial charge in [-0.3, -0.25) is 0 Å². The van der Waals surface area contributed by atoms with Gasteiger partial charge in [0.25, 0.3) is 0 Å². The molecular formula is C11H12BrF3N2O. The van der Waals surface area contributed by atoms with Gasteiger partial charge in [0.05, 0.1) is 5.56 Å². The number of benzene rings is 1. The minimum absolute atomic E-state index is 0.0991. The van der Waals surface area contributed by atoms with Crippen LogP contribution in [-0.2, 0) is 6.18 Å². The molecule has 2 amide bonds. The summed E-state index contributed by atoms with van der Waals surface area (Å²) in [5.41, 5.74) is -0.715. The van der Waals surface area contributed by atoms with E-state index in [1.807, 2.05) is 0 Å². The molecule has 0 aliphatic rings. The van der Waals surface area contributed by atoms with Crippen LogP contribution in [0, 0.1) is 0 Å². The van der Waals surface area contributed by atoms with Crippen molar-refractivity contribution in [3.8, 4) is 0 Å². The number of alkyl halides is 3. The lowest BCUT2D eigenvalue weighted by molar-refractivity contribution is -0.137. The fourth-order valence-electron chi connectivity index (χ4n) is 1.19. The van der Waals surface area contributed by atoms with Crippen molar-refractivity contribution in [2.45, 2.75) is 13.1 Å². The van der Waals surface area contributed by atoms with E-state index in [1.165, 1.54) is 11.0 Å². The zero-order chi connectivity index (χ0) is 13.9. The lowest BCUT2D eigenvalue weighted by atomic mass is 10.2. The zero-order valence-corrected chi connectivity index (χ0v) is 11.4. The molecule has 0 atom stereocenters. The van der Waals surface area contributed by atoms with Crippen LogP contribution in [0.2, 0.25) is 0 Å². The maximum absolute atomic E-state index is 12.6. The van der Waals surface area contributed by atoms with Crippen LogP contribution in [-0.4, -0.2) is 24.5 Å². The van der Waals surface area contributed by atoms with E-state index in [0.29, 0.717) is 6.54 Å². The molecule has 3 nitrogen and oxygen atoms in total. The Morgan fingerprint density at radius 1 is 1.39 bits per heavy atom. The van der Waals surface area contributed by atoms with Gasteiger partial charge in [-0.05, 0) is 25.1 Å². The van der Waals surface area contributed by atoms with Crippen LogP contribution in [0.15, 0.2) is 22.7 Å². The van der Waals surface area contributed by atoms with Crippen molar-refractivity contribution in [1.29, 1.82) is 0 Å². The number of rotatable bonds is 2. The van der Waals surface area contributed by atoms with E-state index < -0.39 is 17.8 Å². The first-order valence-corrected chi connectivity index (χ1v) is 5.93. The summed E-state index contributed by atoms with van der Waals surface area (Å²) >= 11 is 2.98. The Balaban J connectivity index is 2.97. The van der Waals surface area contributed by atoms with Gasteiger partial charge in [-0.1, -0.05) is 15.9 Å². The highest BCUT2D eigenvalue weighted by atomic mass is 79.9. The van der Waals surface area contributed by atoms with Crippen molar-refractivity contribution in [1.82, 2.24) is 4.90 Å². The predicted octanol–water partition coefficient (Wildman–Crippen LogP) is 3.95. The first-order valence-electron chi connectivity index (χ1n) is 5.14. The van der Waals surface area contributed by atoms with Gasteiger partial charge in [-0.15, -0.1) is 0 Å². The molecule has 1 aromatic rings. The molecule has 1 aromatic carbocycles. The van der Waals surface area contributed by atoms with E-state index in [0.717, 1.165) is 12.1 Å². The molecule has 0 fully saturated rings. The second-order valence-corrected chi connectivity index (χ2v) is 4.59. The predicted molar refractivity (Wildman–Crippen MR) is 66.5 cm³/mol. The molecule has 18 heavy (non-hydrogen) atoms. The number of halogens is 4. The number of carbonyl (C=O) groups excluding carboxylic acids is 1. The lowest BCUT2D eigenvalue weighted by Crippen LogP contribution is -2.31. The van der Waals surface area contributed by atoms with Gasteiger partial charge in [0.1, 0.15) is 0 Å². The van der Waals surface area contributed by atoms with Crippen molar-refractivity contribution in [3.05, 3.63) is 28.2 Å². The van der Waals surface area contributed by atoms with Gasteiger partial charge in [-0.2, -0.15) is 13.2 Å². The third-order valence-electron chi connectivity index (χ3n) is 2.30. The van der Waals surface area contributed by atoms with Crippen LogP contribution >= 0.6 is 15.9 Å². The van der Waals surface area contributed by atoms with Gasteiger partial charge in [0.15, 0.2) is 0 Å². The second kappa shape index (κ2) is 5.60. The van der Waals surface area contributed by atoms with E-state index in [-0.39, 0.29) is 10.2 Å². The maximum atomic E-state index is 12.6. The monoisotopic (exact) mass is 324 g/mol. The van der Waals surface area contributed by atoms with Gasteiger partial charge >= 0.3 is 12.2 Å². The van der Waals surface area contributed by atoms with Crippen molar-refractivity contribution in [2.75, 3.05) is 18.9 Å². The Bertz CT molecular complexity index is 448. The summed E-state index contributed by atoms with van der Waals surface area (Å²) in [4.78, 5) is 12.9. The summed E-state index contributed by atoms with van der Waals surface area (Å²) < 4.78 is 38.0. The fourth-order valence-corrected chi connectivity index (χ4v) is 1.68. The van der Waals surface area contributed by atoms with Crippen LogP contribution in [0.5, 0.6) is 0 Å². The molecular weight excluding hydrogens is 313 g/mol. The van der Waals surface area contributed by atoms with Crippen molar-refractivity contribution in [3.63, 3.8) is 0 Å². The summed E-state index contributed by atoms with van der Waals surface area (Å²) in [6.45, 7) is 2.23. The van der Waals surface area contributed by atoms with E-state index in [1.54, 1.807) is 14.0 Å². The Morgan fingerprint density at radius 2 is 2.00 bits per heavy atom. The highest BCUT2D eigenvalue weighted by Crippen LogP contribution is 2.33. The van der Waals surface area contributed by atoms with Gasteiger partial charge < -0.3 is 10.2 Å². The third-order valence-corrected chi connectivity index (χ3v) is 2.76. The highest BCUT2D eigenvalue weighted by Gasteiger charge is 2.31.